The van der Waals surface area contributed by atoms with Gasteiger partial charge >= 0.3 is 0 Å². The summed E-state index contributed by atoms with van der Waals surface area (Å²) < 4.78 is 19.4. The van der Waals surface area contributed by atoms with Crippen LogP contribution in [-0.4, -0.2) is 18.8 Å². The Hall–Kier alpha value is -1.57. The first-order valence-corrected chi connectivity index (χ1v) is 13.8. The van der Waals surface area contributed by atoms with Crippen molar-refractivity contribution in [1.82, 2.24) is 0 Å². The molecule has 2 aromatic carbocycles. The van der Waals surface area contributed by atoms with Gasteiger partial charge in [0.1, 0.15) is 5.75 Å². The van der Waals surface area contributed by atoms with Gasteiger partial charge in [-0.05, 0) is 18.6 Å². The van der Waals surface area contributed by atoms with Crippen molar-refractivity contribution < 1.29 is 14.1 Å². The first kappa shape index (κ1) is 25.7. The molecule has 0 spiro atoms. The molecule has 0 aliphatic carbocycles. The molecule has 0 radical (unpaired) electrons. The topological polar surface area (TPSA) is 43.4 Å². The van der Waals surface area contributed by atoms with E-state index in [1.165, 1.54) is 52.1 Å². The van der Waals surface area contributed by atoms with Gasteiger partial charge in [0.25, 0.3) is 0 Å². The normalized spacial score (nSPS) is 13.0. The van der Waals surface area contributed by atoms with Gasteiger partial charge in [-0.1, -0.05) is 113 Å². The Kier molecular flexibility index (Phi) is 11.4. The SMILES string of the molecule is CCCCCCCCCCCCP(=O)(C(=O)c1cccc(Cl)c1OC)c1ccccc1. The third kappa shape index (κ3) is 7.51. The maximum absolute atomic E-state index is 14.1. The van der Waals surface area contributed by atoms with Gasteiger partial charge in [-0.25, -0.2) is 0 Å². The predicted molar refractivity (Wildman–Crippen MR) is 133 cm³/mol. The lowest BCUT2D eigenvalue weighted by Gasteiger charge is -2.19. The standard InChI is InChI=1S/C26H36ClO3P/c1-3-4-5-6-7-8-9-10-11-15-21-31(29,22-17-13-12-14-18-22)26(28)23-19-16-20-24(27)25(23)30-2/h12-14,16-20H,3-11,15,21H2,1-2H3. The van der Waals surface area contributed by atoms with E-state index in [0.29, 0.717) is 27.8 Å². The fraction of sp³-hybridized carbons (Fsp3) is 0.500. The van der Waals surface area contributed by atoms with Gasteiger partial charge in [0.2, 0.25) is 5.52 Å². The van der Waals surface area contributed by atoms with Crippen molar-refractivity contribution in [2.45, 2.75) is 71.1 Å². The Bertz CT molecular complexity index is 851. The third-order valence-corrected chi connectivity index (χ3v) is 9.00. The number of carbonyl (C=O) groups excluding carboxylic acids is 1. The Morgan fingerprint density at radius 3 is 2.00 bits per heavy atom. The molecule has 0 fully saturated rings. The van der Waals surface area contributed by atoms with E-state index >= 15 is 0 Å². The summed E-state index contributed by atoms with van der Waals surface area (Å²) in [7, 11) is -1.82. The number of halogens is 1. The molecular formula is C26H36ClO3P. The number of rotatable bonds is 15. The predicted octanol–water partition coefficient (Wildman–Crippen LogP) is 8.10. The van der Waals surface area contributed by atoms with Crippen LogP contribution in [0.25, 0.3) is 0 Å². The molecule has 1 atom stereocenters. The summed E-state index contributed by atoms with van der Waals surface area (Å²) in [6.07, 6.45) is 12.3. The van der Waals surface area contributed by atoms with E-state index in [9.17, 15) is 9.36 Å². The highest BCUT2D eigenvalue weighted by molar-refractivity contribution is 7.87. The number of carbonyl (C=O) groups is 1. The molecule has 5 heteroatoms. The van der Waals surface area contributed by atoms with Crippen LogP contribution in [0.2, 0.25) is 5.02 Å². The quantitative estimate of drug-likeness (QED) is 0.198. The van der Waals surface area contributed by atoms with Gasteiger partial charge < -0.3 is 9.30 Å². The lowest BCUT2D eigenvalue weighted by Crippen LogP contribution is -2.17. The number of para-hydroxylation sites is 1. The summed E-state index contributed by atoms with van der Waals surface area (Å²) in [6, 6.07) is 14.2. The number of ether oxygens (including phenoxy) is 1. The maximum Gasteiger partial charge on any atom is 0.229 e. The molecule has 2 rings (SSSR count). The molecule has 3 nitrogen and oxygen atoms in total. The first-order valence-electron chi connectivity index (χ1n) is 11.6. The average molecular weight is 463 g/mol. The maximum atomic E-state index is 14.1. The number of hydrogen-bond acceptors (Lipinski definition) is 3. The third-order valence-electron chi connectivity index (χ3n) is 5.73. The van der Waals surface area contributed by atoms with Crippen LogP contribution in [0, 0.1) is 0 Å². The number of hydrogen-bond donors (Lipinski definition) is 0. The fourth-order valence-corrected chi connectivity index (χ4v) is 6.75. The highest BCUT2D eigenvalue weighted by atomic mass is 35.5. The lowest BCUT2D eigenvalue weighted by molar-refractivity contribution is 0.107. The first-order chi connectivity index (χ1) is 15.0. The van der Waals surface area contributed by atoms with Crippen LogP contribution in [0.3, 0.4) is 0 Å². The zero-order chi connectivity index (χ0) is 22.5. The van der Waals surface area contributed by atoms with Gasteiger partial charge in [-0.2, -0.15) is 0 Å². The van der Waals surface area contributed by atoms with Crippen LogP contribution in [0.4, 0.5) is 0 Å². The average Bonchev–Trinajstić information content (AvgIpc) is 2.80. The lowest BCUT2D eigenvalue weighted by atomic mass is 10.1. The van der Waals surface area contributed by atoms with Gasteiger partial charge in [0.15, 0.2) is 7.14 Å². The van der Waals surface area contributed by atoms with Gasteiger partial charge in [-0.3, -0.25) is 4.79 Å². The molecule has 2 aromatic rings. The Morgan fingerprint density at radius 1 is 0.839 bits per heavy atom. The molecule has 31 heavy (non-hydrogen) atoms. The van der Waals surface area contributed by atoms with Crippen LogP contribution < -0.4 is 10.0 Å². The molecule has 1 unspecified atom stereocenters. The molecule has 0 heterocycles. The van der Waals surface area contributed by atoms with E-state index < -0.39 is 7.14 Å². The van der Waals surface area contributed by atoms with Crippen molar-refractivity contribution in [3.05, 3.63) is 59.1 Å². The van der Waals surface area contributed by atoms with E-state index in [1.807, 2.05) is 18.2 Å². The molecule has 0 aromatic heterocycles. The Balaban J connectivity index is 2.01. The van der Waals surface area contributed by atoms with Crippen molar-refractivity contribution >= 4 is 29.6 Å². The fourth-order valence-electron chi connectivity index (χ4n) is 3.92. The Morgan fingerprint density at radius 2 is 1.42 bits per heavy atom. The minimum atomic E-state index is -3.30. The van der Waals surface area contributed by atoms with Crippen LogP contribution in [-0.2, 0) is 4.57 Å². The van der Waals surface area contributed by atoms with Crippen LogP contribution in [0.1, 0.15) is 81.5 Å². The van der Waals surface area contributed by atoms with Gasteiger partial charge in [-0.15, -0.1) is 0 Å². The summed E-state index contributed by atoms with van der Waals surface area (Å²) in [6.45, 7) is 2.24. The van der Waals surface area contributed by atoms with Crippen molar-refractivity contribution in [2.75, 3.05) is 13.3 Å². The monoisotopic (exact) mass is 462 g/mol. The van der Waals surface area contributed by atoms with Gasteiger partial charge in [0, 0.05) is 11.5 Å². The van der Waals surface area contributed by atoms with E-state index in [2.05, 4.69) is 6.92 Å². The Labute approximate surface area is 192 Å². The van der Waals surface area contributed by atoms with Crippen LogP contribution in [0.5, 0.6) is 5.75 Å². The summed E-state index contributed by atoms with van der Waals surface area (Å²) in [5.74, 6) is 0.299. The number of benzene rings is 2. The van der Waals surface area contributed by atoms with Gasteiger partial charge in [0.05, 0.1) is 17.7 Å². The second kappa shape index (κ2) is 13.8. The van der Waals surface area contributed by atoms with E-state index in [4.69, 9.17) is 16.3 Å². The minimum Gasteiger partial charge on any atom is -0.494 e. The zero-order valence-corrected chi connectivity index (χ0v) is 20.6. The molecule has 0 saturated heterocycles. The largest absolute Gasteiger partial charge is 0.494 e. The number of unbranched alkanes of at least 4 members (excludes halogenated alkanes) is 9. The smallest absolute Gasteiger partial charge is 0.229 e. The molecule has 0 saturated carbocycles. The summed E-state index contributed by atoms with van der Waals surface area (Å²) in [4.78, 5) is 13.5. The molecule has 0 aliphatic rings. The highest BCUT2D eigenvalue weighted by Crippen LogP contribution is 2.50. The molecule has 0 N–H and O–H groups in total. The van der Waals surface area contributed by atoms with Crippen LogP contribution >= 0.6 is 18.7 Å². The van der Waals surface area contributed by atoms with Crippen molar-refractivity contribution in [3.8, 4) is 5.75 Å². The summed E-state index contributed by atoms with van der Waals surface area (Å²) in [5, 5.41) is 0.963. The molecule has 0 bridgehead atoms. The second-order valence-corrected chi connectivity index (χ2v) is 11.4. The van der Waals surface area contributed by atoms with Crippen molar-refractivity contribution in [2.24, 2.45) is 0 Å². The molecule has 170 valence electrons. The van der Waals surface area contributed by atoms with Crippen molar-refractivity contribution in [1.29, 1.82) is 0 Å². The highest BCUT2D eigenvalue weighted by Gasteiger charge is 2.35. The van der Waals surface area contributed by atoms with E-state index in [1.54, 1.807) is 30.3 Å². The number of methoxy groups -OCH3 is 1. The van der Waals surface area contributed by atoms with Crippen molar-refractivity contribution in [3.63, 3.8) is 0 Å². The van der Waals surface area contributed by atoms with E-state index in [0.717, 1.165) is 19.3 Å². The molecule has 0 aliphatic heterocycles. The van der Waals surface area contributed by atoms with Crippen LogP contribution in [0.15, 0.2) is 48.5 Å². The molecular weight excluding hydrogens is 427 g/mol. The van der Waals surface area contributed by atoms with E-state index in [-0.39, 0.29) is 5.52 Å². The molecule has 0 amide bonds. The zero-order valence-electron chi connectivity index (χ0n) is 18.9. The second-order valence-electron chi connectivity index (χ2n) is 8.11. The minimum absolute atomic E-state index is 0.299. The summed E-state index contributed by atoms with van der Waals surface area (Å²) in [5.41, 5.74) is -0.0664. The summed E-state index contributed by atoms with van der Waals surface area (Å²) >= 11 is 6.22.